The van der Waals surface area contributed by atoms with Gasteiger partial charge in [-0.15, -0.1) is 0 Å². The molecule has 1 aromatic carbocycles. The van der Waals surface area contributed by atoms with Crippen LogP contribution in [0.25, 0.3) is 11.2 Å². The Balaban J connectivity index is 1.82. The van der Waals surface area contributed by atoms with Crippen LogP contribution < -0.4 is 16.1 Å². The summed E-state index contributed by atoms with van der Waals surface area (Å²) in [6.07, 6.45) is 0. The lowest BCUT2D eigenvalue weighted by atomic mass is 10.2. The van der Waals surface area contributed by atoms with Crippen molar-refractivity contribution in [2.24, 2.45) is 7.05 Å². The van der Waals surface area contributed by atoms with Crippen LogP contribution in [0, 0.1) is 5.82 Å². The Hall–Kier alpha value is -2.91. The zero-order valence-corrected chi connectivity index (χ0v) is 18.2. The Labute approximate surface area is 183 Å². The number of piperazine rings is 1. The Morgan fingerprint density at radius 1 is 1.26 bits per heavy atom. The molecule has 1 aliphatic rings. The number of anilines is 1. The zero-order chi connectivity index (χ0) is 22.3. The van der Waals surface area contributed by atoms with Crippen LogP contribution in [0.15, 0.2) is 39.9 Å². The van der Waals surface area contributed by atoms with Crippen LogP contribution in [0.5, 0.6) is 0 Å². The van der Waals surface area contributed by atoms with E-state index in [-0.39, 0.29) is 28.3 Å². The number of hydrogen-bond acceptors (Lipinski definition) is 5. The molecule has 0 unspecified atom stereocenters. The van der Waals surface area contributed by atoms with Crippen LogP contribution in [-0.4, -0.2) is 56.7 Å². The van der Waals surface area contributed by atoms with Gasteiger partial charge in [0.05, 0.1) is 6.54 Å². The van der Waals surface area contributed by atoms with Crippen molar-refractivity contribution >= 4 is 28.7 Å². The first-order valence-electron chi connectivity index (χ1n) is 10.0. The van der Waals surface area contributed by atoms with Crippen molar-refractivity contribution in [2.75, 3.05) is 37.6 Å². The maximum atomic E-state index is 14.5. The fourth-order valence-corrected chi connectivity index (χ4v) is 4.17. The third-order valence-corrected chi connectivity index (χ3v) is 5.87. The molecule has 0 radical (unpaired) electrons. The molecule has 164 valence electrons. The van der Waals surface area contributed by atoms with E-state index >= 15 is 0 Å². The minimum absolute atomic E-state index is 0.0185. The Kier molecular flexibility index (Phi) is 5.72. The van der Waals surface area contributed by atoms with Gasteiger partial charge in [-0.05, 0) is 19.1 Å². The Bertz CT molecular complexity index is 1250. The molecule has 0 aliphatic carbocycles. The number of fused-ring (bicyclic) bond motifs is 1. The number of hydrogen-bond donors (Lipinski definition) is 1. The molecule has 31 heavy (non-hydrogen) atoms. The van der Waals surface area contributed by atoms with E-state index in [1.54, 1.807) is 17.7 Å². The van der Waals surface area contributed by atoms with Crippen molar-refractivity contribution < 1.29 is 4.39 Å². The van der Waals surface area contributed by atoms with Crippen molar-refractivity contribution in [1.29, 1.82) is 0 Å². The first-order chi connectivity index (χ1) is 14.8. The number of benzene rings is 1. The average molecular weight is 447 g/mol. The third kappa shape index (κ3) is 4.03. The lowest BCUT2D eigenvalue weighted by Crippen LogP contribution is -2.47. The molecule has 0 bridgehead atoms. The topological polar surface area (TPSA) is 79.2 Å². The number of aromatic amines is 1. The number of aromatic nitrogens is 4. The molecular formula is C21H24ClFN6O2. The molecule has 3 heterocycles. The zero-order valence-electron chi connectivity index (χ0n) is 17.5. The fraction of sp³-hybridized carbons (Fsp3) is 0.381. The summed E-state index contributed by atoms with van der Waals surface area (Å²) in [5.41, 5.74) is 0.700. The van der Waals surface area contributed by atoms with E-state index in [9.17, 15) is 14.0 Å². The summed E-state index contributed by atoms with van der Waals surface area (Å²) in [7, 11) is 1.54. The molecule has 3 aromatic rings. The van der Waals surface area contributed by atoms with Gasteiger partial charge in [0.15, 0.2) is 11.2 Å². The van der Waals surface area contributed by atoms with Gasteiger partial charge in [-0.3, -0.25) is 23.8 Å². The molecule has 0 atom stereocenters. The van der Waals surface area contributed by atoms with Crippen LogP contribution in [-0.2, 0) is 13.6 Å². The molecule has 8 nitrogen and oxygen atoms in total. The summed E-state index contributed by atoms with van der Waals surface area (Å²) in [5, 5.41) is 0.264. The number of nitrogens with zero attached hydrogens (tertiary/aromatic N) is 5. The maximum Gasteiger partial charge on any atom is 0.329 e. The first-order valence-corrected chi connectivity index (χ1v) is 10.4. The molecule has 1 N–H and O–H groups in total. The minimum Gasteiger partial charge on any atom is -0.340 e. The van der Waals surface area contributed by atoms with Crippen LogP contribution in [0.4, 0.5) is 10.3 Å². The lowest BCUT2D eigenvalue weighted by molar-refractivity contribution is 0.276. The van der Waals surface area contributed by atoms with Crippen LogP contribution in [0.1, 0.15) is 12.5 Å². The maximum absolute atomic E-state index is 14.5. The Morgan fingerprint density at radius 2 is 1.97 bits per heavy atom. The summed E-state index contributed by atoms with van der Waals surface area (Å²) < 4.78 is 17.5. The molecule has 1 saturated heterocycles. The molecule has 10 heteroatoms. The van der Waals surface area contributed by atoms with Crippen molar-refractivity contribution in [2.45, 2.75) is 13.5 Å². The van der Waals surface area contributed by atoms with E-state index in [0.29, 0.717) is 19.0 Å². The summed E-state index contributed by atoms with van der Waals surface area (Å²) >= 11 is 6.26. The highest BCUT2D eigenvalue weighted by molar-refractivity contribution is 6.31. The van der Waals surface area contributed by atoms with Crippen LogP contribution >= 0.6 is 11.6 Å². The van der Waals surface area contributed by atoms with E-state index in [1.165, 1.54) is 16.7 Å². The Morgan fingerprint density at radius 3 is 2.61 bits per heavy atom. The number of nitrogens with one attached hydrogen (secondary N) is 1. The molecular weight excluding hydrogens is 423 g/mol. The summed E-state index contributed by atoms with van der Waals surface area (Å²) in [5.74, 6) is 0.0452. The van der Waals surface area contributed by atoms with Crippen LogP contribution in [0.3, 0.4) is 0 Å². The molecule has 1 fully saturated rings. The molecule has 0 amide bonds. The van der Waals surface area contributed by atoms with Gasteiger partial charge in [0.1, 0.15) is 5.82 Å². The van der Waals surface area contributed by atoms with Gasteiger partial charge in [-0.1, -0.05) is 29.8 Å². The number of H-pyrrole nitrogens is 1. The smallest absolute Gasteiger partial charge is 0.329 e. The van der Waals surface area contributed by atoms with Gasteiger partial charge in [-0.2, -0.15) is 4.98 Å². The molecule has 0 saturated carbocycles. The highest BCUT2D eigenvalue weighted by Gasteiger charge is 2.26. The second-order valence-corrected chi connectivity index (χ2v) is 8.32. The van der Waals surface area contributed by atoms with E-state index in [0.717, 1.165) is 25.2 Å². The largest absolute Gasteiger partial charge is 0.340 e. The fourth-order valence-electron chi connectivity index (χ4n) is 3.94. The highest BCUT2D eigenvalue weighted by atomic mass is 35.5. The summed E-state index contributed by atoms with van der Waals surface area (Å²) in [4.78, 5) is 36.1. The van der Waals surface area contributed by atoms with Gasteiger partial charge in [0.2, 0.25) is 5.95 Å². The van der Waals surface area contributed by atoms with Gasteiger partial charge < -0.3 is 4.90 Å². The normalized spacial score (nSPS) is 15.0. The van der Waals surface area contributed by atoms with Gasteiger partial charge in [-0.25, -0.2) is 9.18 Å². The first kappa shape index (κ1) is 21.3. The van der Waals surface area contributed by atoms with Crippen molar-refractivity contribution in [1.82, 2.24) is 24.0 Å². The van der Waals surface area contributed by atoms with Crippen molar-refractivity contribution in [3.63, 3.8) is 0 Å². The second kappa shape index (κ2) is 8.32. The monoisotopic (exact) mass is 446 g/mol. The minimum atomic E-state index is -0.565. The number of rotatable bonds is 5. The van der Waals surface area contributed by atoms with Gasteiger partial charge >= 0.3 is 5.69 Å². The van der Waals surface area contributed by atoms with E-state index < -0.39 is 17.1 Å². The number of aryl methyl sites for hydroxylation is 1. The van der Waals surface area contributed by atoms with E-state index in [4.69, 9.17) is 11.6 Å². The number of halogens is 2. The number of imidazole rings is 1. The predicted octanol–water partition coefficient (Wildman–Crippen LogP) is 1.96. The second-order valence-electron chi connectivity index (χ2n) is 7.91. The van der Waals surface area contributed by atoms with Gasteiger partial charge in [0, 0.05) is 50.4 Å². The predicted molar refractivity (Wildman–Crippen MR) is 120 cm³/mol. The van der Waals surface area contributed by atoms with Gasteiger partial charge in [0.25, 0.3) is 5.56 Å². The molecule has 1 aliphatic heterocycles. The highest BCUT2D eigenvalue weighted by Crippen LogP contribution is 2.26. The molecule has 0 spiro atoms. The molecule has 2 aromatic heterocycles. The molecule has 4 rings (SSSR count). The summed E-state index contributed by atoms with van der Waals surface area (Å²) in [6, 6.07) is 4.47. The lowest BCUT2D eigenvalue weighted by Gasteiger charge is -2.35. The average Bonchev–Trinajstić information content (AvgIpc) is 3.09. The quantitative estimate of drug-likeness (QED) is 0.606. The van der Waals surface area contributed by atoms with E-state index in [2.05, 4.69) is 21.4 Å². The van der Waals surface area contributed by atoms with Crippen LogP contribution in [0.2, 0.25) is 5.02 Å². The van der Waals surface area contributed by atoms with Crippen molar-refractivity contribution in [3.8, 4) is 0 Å². The summed E-state index contributed by atoms with van der Waals surface area (Å²) in [6.45, 7) is 9.75. The van der Waals surface area contributed by atoms with Crippen molar-refractivity contribution in [3.05, 3.63) is 67.6 Å². The van der Waals surface area contributed by atoms with E-state index in [1.807, 2.05) is 11.8 Å². The SMILES string of the molecule is C=C(C)CN1CCN(c2nc3c(c(=O)[nH]c(=O)n3C)n2Cc2c(F)cccc2Cl)CC1. The third-order valence-electron chi connectivity index (χ3n) is 5.51. The standard InChI is InChI=1S/C21H24ClFN6O2/c1-13(2)11-27-7-9-28(10-8-27)20-24-18-17(19(30)25-21(31)26(18)3)29(20)12-14-15(22)5-4-6-16(14)23/h4-6H,1,7-12H2,2-3H3,(H,25,30,31).